The molecule has 0 saturated carbocycles. The highest BCUT2D eigenvalue weighted by Gasteiger charge is 2.18. The Morgan fingerprint density at radius 1 is 0.258 bits per heavy atom. The maximum Gasteiger partial charge on any atom is 0.0547 e. The molecule has 0 aliphatic carbocycles. The van der Waals surface area contributed by atoms with Gasteiger partial charge in [0.15, 0.2) is 0 Å². The molecule has 0 spiro atoms. The van der Waals surface area contributed by atoms with Crippen LogP contribution in [0.3, 0.4) is 0 Å². The highest BCUT2D eigenvalue weighted by Crippen LogP contribution is 2.42. The van der Waals surface area contributed by atoms with Crippen molar-refractivity contribution in [3.63, 3.8) is 0 Å². The Bertz CT molecular complexity index is 3510. The van der Waals surface area contributed by atoms with E-state index in [1.807, 2.05) is 0 Å². The first-order chi connectivity index (χ1) is 30.7. The molecule has 12 rings (SSSR count). The van der Waals surface area contributed by atoms with Crippen molar-refractivity contribution in [1.29, 1.82) is 0 Å². The van der Waals surface area contributed by atoms with Gasteiger partial charge >= 0.3 is 0 Å². The van der Waals surface area contributed by atoms with E-state index >= 15 is 0 Å². The first kappa shape index (κ1) is 35.7. The summed E-state index contributed by atoms with van der Waals surface area (Å²) in [5, 5.41) is 10.2. The monoisotopic (exact) mass is 788 g/mol. The molecule has 0 aliphatic rings. The molecule has 2 heteroatoms. The lowest BCUT2D eigenvalue weighted by molar-refractivity contribution is 1.18. The van der Waals surface area contributed by atoms with Gasteiger partial charge in [0.2, 0.25) is 0 Å². The van der Waals surface area contributed by atoms with Gasteiger partial charge < -0.3 is 9.47 Å². The van der Waals surface area contributed by atoms with Crippen molar-refractivity contribution in [1.82, 2.24) is 4.57 Å². The van der Waals surface area contributed by atoms with E-state index < -0.39 is 0 Å². The summed E-state index contributed by atoms with van der Waals surface area (Å²) in [7, 11) is 0. The highest BCUT2D eigenvalue weighted by molar-refractivity contribution is 6.28. The maximum atomic E-state index is 2.43. The molecule has 0 unspecified atom stereocenters. The van der Waals surface area contributed by atoms with Gasteiger partial charge in [0.25, 0.3) is 0 Å². The number of rotatable bonds is 7. The fourth-order valence-corrected chi connectivity index (χ4v) is 9.51. The van der Waals surface area contributed by atoms with E-state index in [2.05, 4.69) is 252 Å². The molecule has 11 aromatic carbocycles. The number of nitrogens with zero attached hydrogens (tertiary/aromatic N) is 2. The molecule has 62 heavy (non-hydrogen) atoms. The Morgan fingerprint density at radius 2 is 0.694 bits per heavy atom. The summed E-state index contributed by atoms with van der Waals surface area (Å²) in [6, 6.07) is 88.3. The first-order valence-electron chi connectivity index (χ1n) is 21.3. The summed E-state index contributed by atoms with van der Waals surface area (Å²) in [4.78, 5) is 2.36. The molecular formula is C60H40N2. The highest BCUT2D eigenvalue weighted by atomic mass is 15.1. The molecule has 0 radical (unpaired) electrons. The minimum Gasteiger partial charge on any atom is -0.310 e. The molecule has 1 aromatic heterocycles. The first-order valence-corrected chi connectivity index (χ1v) is 21.3. The van der Waals surface area contributed by atoms with E-state index in [1.54, 1.807) is 0 Å². The lowest BCUT2D eigenvalue weighted by atomic mass is 10.00. The van der Waals surface area contributed by atoms with Crippen molar-refractivity contribution in [3.8, 4) is 39.1 Å². The molecule has 0 fully saturated rings. The largest absolute Gasteiger partial charge is 0.310 e. The van der Waals surface area contributed by atoms with Crippen molar-refractivity contribution in [2.45, 2.75) is 0 Å². The van der Waals surface area contributed by atoms with Gasteiger partial charge in [-0.25, -0.2) is 0 Å². The Balaban J connectivity index is 0.917. The predicted octanol–water partition coefficient (Wildman–Crippen LogP) is 16.7. The SMILES string of the molecule is c1ccc(-c2cccc(N(c3ccc(-c4ccc(-n5c6ccc7ccccc7c6c6c7ccccc7ccc65)cc4)cc3)c3ccc(-c4ccc5ccccc5c4)cc3)c2)cc1. The Kier molecular flexibility index (Phi) is 8.53. The fourth-order valence-electron chi connectivity index (χ4n) is 9.51. The topological polar surface area (TPSA) is 8.17 Å². The maximum absolute atomic E-state index is 2.43. The number of hydrogen-bond acceptors (Lipinski definition) is 1. The predicted molar refractivity (Wildman–Crippen MR) is 264 cm³/mol. The fraction of sp³-hybridized carbons (Fsp3) is 0. The Morgan fingerprint density at radius 3 is 1.31 bits per heavy atom. The van der Waals surface area contributed by atoms with Crippen LogP contribution in [-0.4, -0.2) is 4.57 Å². The van der Waals surface area contributed by atoms with Crippen LogP contribution in [-0.2, 0) is 0 Å². The third-order valence-electron chi connectivity index (χ3n) is 12.5. The zero-order chi connectivity index (χ0) is 41.0. The van der Waals surface area contributed by atoms with Crippen LogP contribution in [0.15, 0.2) is 243 Å². The number of aromatic nitrogens is 1. The minimum atomic E-state index is 1.10. The van der Waals surface area contributed by atoms with Gasteiger partial charge in [0.05, 0.1) is 11.0 Å². The third-order valence-corrected chi connectivity index (χ3v) is 12.5. The zero-order valence-electron chi connectivity index (χ0n) is 34.0. The van der Waals surface area contributed by atoms with Gasteiger partial charge in [-0.2, -0.15) is 0 Å². The molecule has 290 valence electrons. The van der Waals surface area contributed by atoms with E-state index in [0.717, 1.165) is 22.7 Å². The van der Waals surface area contributed by atoms with Crippen LogP contribution < -0.4 is 4.90 Å². The van der Waals surface area contributed by atoms with Crippen LogP contribution >= 0.6 is 0 Å². The van der Waals surface area contributed by atoms with Crippen LogP contribution in [0.2, 0.25) is 0 Å². The number of fused-ring (bicyclic) bond motifs is 8. The summed E-state index contributed by atoms with van der Waals surface area (Å²) < 4.78 is 2.43. The van der Waals surface area contributed by atoms with Gasteiger partial charge in [-0.3, -0.25) is 0 Å². The molecule has 1 heterocycles. The molecule has 0 amide bonds. The van der Waals surface area contributed by atoms with Crippen LogP contribution in [0.25, 0.3) is 93.2 Å². The normalized spacial score (nSPS) is 11.5. The van der Waals surface area contributed by atoms with Gasteiger partial charge in [-0.15, -0.1) is 0 Å². The van der Waals surface area contributed by atoms with Gasteiger partial charge in [0, 0.05) is 33.5 Å². The summed E-state index contributed by atoms with van der Waals surface area (Å²) in [5.74, 6) is 0. The van der Waals surface area contributed by atoms with E-state index in [-0.39, 0.29) is 0 Å². The van der Waals surface area contributed by atoms with E-state index in [9.17, 15) is 0 Å². The third kappa shape index (κ3) is 6.12. The molecule has 0 saturated heterocycles. The van der Waals surface area contributed by atoms with Gasteiger partial charge in [-0.1, -0.05) is 176 Å². The molecule has 0 atom stereocenters. The van der Waals surface area contributed by atoms with E-state index in [1.165, 1.54) is 87.5 Å². The lowest BCUT2D eigenvalue weighted by Crippen LogP contribution is -2.10. The van der Waals surface area contributed by atoms with Crippen molar-refractivity contribution in [2.75, 3.05) is 4.90 Å². The minimum absolute atomic E-state index is 1.10. The molecule has 12 aromatic rings. The van der Waals surface area contributed by atoms with Crippen molar-refractivity contribution >= 4 is 71.2 Å². The van der Waals surface area contributed by atoms with Crippen LogP contribution in [0.4, 0.5) is 17.1 Å². The molecule has 0 aliphatic heterocycles. The second kappa shape index (κ2) is 14.8. The average Bonchev–Trinajstić information content (AvgIpc) is 3.70. The van der Waals surface area contributed by atoms with Gasteiger partial charge in [-0.05, 0) is 132 Å². The zero-order valence-corrected chi connectivity index (χ0v) is 34.0. The molecule has 0 bridgehead atoms. The molecule has 2 nitrogen and oxygen atoms in total. The molecular weight excluding hydrogens is 749 g/mol. The van der Waals surface area contributed by atoms with Crippen LogP contribution in [0.1, 0.15) is 0 Å². The number of hydrogen-bond donors (Lipinski definition) is 0. The Hall–Kier alpha value is -8.20. The number of benzene rings is 11. The summed E-state index contributed by atoms with van der Waals surface area (Å²) in [5.41, 5.74) is 14.0. The second-order valence-electron chi connectivity index (χ2n) is 16.2. The van der Waals surface area contributed by atoms with Gasteiger partial charge in [0.1, 0.15) is 0 Å². The van der Waals surface area contributed by atoms with Crippen molar-refractivity contribution in [3.05, 3.63) is 243 Å². The Labute approximate surface area is 360 Å². The summed E-state index contributed by atoms with van der Waals surface area (Å²) >= 11 is 0. The van der Waals surface area contributed by atoms with Crippen LogP contribution in [0.5, 0.6) is 0 Å². The smallest absolute Gasteiger partial charge is 0.0547 e. The van der Waals surface area contributed by atoms with Crippen LogP contribution in [0, 0.1) is 0 Å². The average molecular weight is 789 g/mol. The standard InChI is InChI=1S/C60H40N2/c1-2-11-41(12-3-1)49-17-10-18-54(40-49)61(52-33-27-45(28-34-52)50-22-21-42-13-4-5-16-48(42)39-50)51-31-23-43(24-32-51)44-25-35-53(36-26-44)62-57-37-29-46-14-6-8-19-55(46)59(57)60-56-20-9-7-15-47(56)30-38-58(60)62/h1-40H. The van der Waals surface area contributed by atoms with E-state index in [4.69, 9.17) is 0 Å². The molecule has 0 N–H and O–H groups in total. The van der Waals surface area contributed by atoms with E-state index in [0.29, 0.717) is 0 Å². The lowest BCUT2D eigenvalue weighted by Gasteiger charge is -2.26. The summed E-state index contributed by atoms with van der Waals surface area (Å²) in [6.07, 6.45) is 0. The number of anilines is 3. The van der Waals surface area contributed by atoms with Crippen molar-refractivity contribution in [2.24, 2.45) is 0 Å². The second-order valence-corrected chi connectivity index (χ2v) is 16.2. The quantitative estimate of drug-likeness (QED) is 0.156. The summed E-state index contributed by atoms with van der Waals surface area (Å²) in [6.45, 7) is 0. The van der Waals surface area contributed by atoms with Crippen molar-refractivity contribution < 1.29 is 0 Å².